The van der Waals surface area contributed by atoms with Crippen LogP contribution in [-0.4, -0.2) is 35.0 Å². The molecule has 2 rings (SSSR count). The van der Waals surface area contributed by atoms with Crippen molar-refractivity contribution in [2.75, 3.05) is 0 Å². The molecule has 0 bridgehead atoms. The van der Waals surface area contributed by atoms with Crippen LogP contribution in [0.15, 0.2) is 53.5 Å². The van der Waals surface area contributed by atoms with E-state index in [4.69, 9.17) is 21.3 Å². The van der Waals surface area contributed by atoms with Crippen molar-refractivity contribution in [3.8, 4) is 5.75 Å². The van der Waals surface area contributed by atoms with Gasteiger partial charge < -0.3 is 26.6 Å². The van der Waals surface area contributed by atoms with Crippen LogP contribution in [0.2, 0.25) is 0 Å². The summed E-state index contributed by atoms with van der Waals surface area (Å²) >= 11 is 0. The van der Waals surface area contributed by atoms with Crippen molar-refractivity contribution >= 4 is 29.5 Å². The second-order valence-corrected chi connectivity index (χ2v) is 5.92. The second-order valence-electron chi connectivity index (χ2n) is 5.92. The van der Waals surface area contributed by atoms with E-state index >= 15 is 0 Å². The van der Waals surface area contributed by atoms with Gasteiger partial charge in [-0.25, -0.2) is 9.79 Å². The molecule has 0 heterocycles. The van der Waals surface area contributed by atoms with Crippen LogP contribution < -0.4 is 21.5 Å². The fraction of sp³-hybridized carbons (Fsp3) is 0.158. The number of ether oxygens (including phenoxy) is 1. The van der Waals surface area contributed by atoms with Gasteiger partial charge in [0.05, 0.1) is 17.7 Å². The maximum atomic E-state index is 12.2. The first kappa shape index (κ1) is 20.4. The van der Waals surface area contributed by atoms with E-state index < -0.39 is 23.9 Å². The van der Waals surface area contributed by atoms with Gasteiger partial charge in [0.1, 0.15) is 11.8 Å². The third-order valence-electron chi connectivity index (χ3n) is 3.61. The molecule has 0 aliphatic carbocycles. The summed E-state index contributed by atoms with van der Waals surface area (Å²) in [5.74, 6) is -1.86. The molecule has 146 valence electrons. The fourth-order valence-electron chi connectivity index (χ4n) is 2.20. The number of carbonyl (C=O) groups is 3. The van der Waals surface area contributed by atoms with Gasteiger partial charge in [-0.3, -0.25) is 9.59 Å². The fourth-order valence-corrected chi connectivity index (χ4v) is 2.20. The Bertz CT molecular complexity index is 888. The van der Waals surface area contributed by atoms with Gasteiger partial charge in [-0.2, -0.15) is 0 Å². The number of amides is 1. The molecule has 0 spiro atoms. The number of guanidine groups is 1. The molecule has 0 radical (unpaired) electrons. The number of benzene rings is 2. The molecule has 0 aromatic heterocycles. The number of hydrogen-bond donors (Lipinski definition) is 4. The highest BCUT2D eigenvalue weighted by molar-refractivity contribution is 5.91. The van der Waals surface area contributed by atoms with Crippen molar-refractivity contribution in [1.29, 1.82) is 0 Å². The van der Waals surface area contributed by atoms with Crippen LogP contribution in [0.1, 0.15) is 22.8 Å². The minimum Gasteiger partial charge on any atom is -0.480 e. The van der Waals surface area contributed by atoms with E-state index in [9.17, 15) is 14.4 Å². The molecule has 2 aromatic rings. The highest BCUT2D eigenvalue weighted by Gasteiger charge is 2.14. The molecule has 9 nitrogen and oxygen atoms in total. The second kappa shape index (κ2) is 9.17. The van der Waals surface area contributed by atoms with Crippen LogP contribution >= 0.6 is 0 Å². The molecule has 0 unspecified atom stereocenters. The van der Waals surface area contributed by atoms with Crippen LogP contribution in [-0.2, 0) is 16.0 Å². The number of nitrogens with zero attached hydrogens (tertiary/aromatic N) is 1. The van der Waals surface area contributed by atoms with E-state index in [2.05, 4.69) is 10.3 Å². The van der Waals surface area contributed by atoms with Gasteiger partial charge in [0, 0.05) is 0 Å². The molecule has 28 heavy (non-hydrogen) atoms. The van der Waals surface area contributed by atoms with E-state index in [1.165, 1.54) is 19.1 Å². The molecule has 0 saturated heterocycles. The van der Waals surface area contributed by atoms with Crippen LogP contribution in [0.25, 0.3) is 0 Å². The monoisotopic (exact) mass is 384 g/mol. The largest absolute Gasteiger partial charge is 0.480 e. The van der Waals surface area contributed by atoms with Crippen LogP contribution in [0.3, 0.4) is 0 Å². The number of hydrogen-bond acceptors (Lipinski definition) is 5. The number of esters is 1. The van der Waals surface area contributed by atoms with Crippen LogP contribution in [0.4, 0.5) is 5.69 Å². The van der Waals surface area contributed by atoms with Crippen molar-refractivity contribution in [3.05, 3.63) is 59.7 Å². The number of rotatable bonds is 7. The Hall–Kier alpha value is -3.88. The Kier molecular flexibility index (Phi) is 6.69. The minimum absolute atomic E-state index is 0.0120. The molecular formula is C19H20N4O5. The number of aliphatic imine (C=N–C) groups is 1. The molecule has 1 atom stereocenters. The number of nitrogens with two attached hydrogens (primary N) is 2. The summed E-state index contributed by atoms with van der Waals surface area (Å²) in [5, 5.41) is 11.1. The zero-order chi connectivity index (χ0) is 20.7. The highest BCUT2D eigenvalue weighted by Crippen LogP contribution is 2.17. The SMILES string of the molecule is C[C@@H](NC(=O)Cc1ccc(OC(=O)c2ccc(N=C(N)N)cc2)cc1)C(=O)O. The normalized spacial score (nSPS) is 11.2. The number of aliphatic carboxylic acids is 1. The lowest BCUT2D eigenvalue weighted by atomic mass is 10.1. The molecule has 9 heteroatoms. The zero-order valence-corrected chi connectivity index (χ0v) is 15.1. The van der Waals surface area contributed by atoms with Gasteiger partial charge in [0.2, 0.25) is 5.91 Å². The first-order chi connectivity index (χ1) is 13.2. The number of carboxylic acids is 1. The van der Waals surface area contributed by atoms with E-state index in [0.29, 0.717) is 22.6 Å². The summed E-state index contributed by atoms with van der Waals surface area (Å²) in [6.07, 6.45) is 0.0120. The van der Waals surface area contributed by atoms with Gasteiger partial charge in [-0.1, -0.05) is 12.1 Å². The van der Waals surface area contributed by atoms with E-state index in [0.717, 1.165) is 0 Å². The molecule has 0 fully saturated rings. The van der Waals surface area contributed by atoms with Crippen molar-refractivity contribution in [2.45, 2.75) is 19.4 Å². The average Bonchev–Trinajstić information content (AvgIpc) is 2.63. The number of carboxylic acid groups (broad SMARTS) is 1. The minimum atomic E-state index is -1.11. The standard InChI is InChI=1S/C19H20N4O5/c1-11(17(25)26)22-16(24)10-12-2-8-15(9-3-12)28-18(27)13-4-6-14(7-5-13)23-19(20)21/h2-9,11H,10H2,1H3,(H,22,24)(H,25,26)(H4,20,21,23)/t11-/m1/s1. The quantitative estimate of drug-likeness (QED) is 0.239. The maximum Gasteiger partial charge on any atom is 0.343 e. The summed E-state index contributed by atoms with van der Waals surface area (Å²) in [6.45, 7) is 1.38. The smallest absolute Gasteiger partial charge is 0.343 e. The molecule has 0 aliphatic heterocycles. The Balaban J connectivity index is 1.94. The van der Waals surface area contributed by atoms with E-state index in [-0.39, 0.29) is 12.4 Å². The van der Waals surface area contributed by atoms with Gasteiger partial charge in [-0.05, 0) is 48.9 Å². The van der Waals surface area contributed by atoms with E-state index in [1.54, 1.807) is 36.4 Å². The molecule has 6 N–H and O–H groups in total. The highest BCUT2D eigenvalue weighted by atomic mass is 16.5. The average molecular weight is 384 g/mol. The summed E-state index contributed by atoms with van der Waals surface area (Å²) < 4.78 is 5.27. The lowest BCUT2D eigenvalue weighted by Gasteiger charge is -2.09. The Morgan fingerprint density at radius 3 is 2.21 bits per heavy atom. The van der Waals surface area contributed by atoms with Gasteiger partial charge in [0.25, 0.3) is 0 Å². The lowest BCUT2D eigenvalue weighted by Crippen LogP contribution is -2.39. The summed E-state index contributed by atoms with van der Waals surface area (Å²) in [6, 6.07) is 11.6. The van der Waals surface area contributed by atoms with Gasteiger partial charge >= 0.3 is 11.9 Å². The Morgan fingerprint density at radius 2 is 1.68 bits per heavy atom. The lowest BCUT2D eigenvalue weighted by molar-refractivity contribution is -0.141. The first-order valence-corrected chi connectivity index (χ1v) is 8.27. The summed E-state index contributed by atoms with van der Waals surface area (Å²) in [5.41, 5.74) is 12.1. The van der Waals surface area contributed by atoms with Crippen LogP contribution in [0.5, 0.6) is 5.75 Å². The molecule has 0 saturated carbocycles. The van der Waals surface area contributed by atoms with Crippen molar-refractivity contribution in [2.24, 2.45) is 16.5 Å². The molecule has 0 aliphatic rings. The maximum absolute atomic E-state index is 12.2. The third-order valence-corrected chi connectivity index (χ3v) is 3.61. The van der Waals surface area contributed by atoms with Crippen molar-refractivity contribution in [3.63, 3.8) is 0 Å². The Morgan fingerprint density at radius 1 is 1.07 bits per heavy atom. The van der Waals surface area contributed by atoms with Crippen LogP contribution in [0, 0.1) is 0 Å². The summed E-state index contributed by atoms with van der Waals surface area (Å²) in [7, 11) is 0. The van der Waals surface area contributed by atoms with Gasteiger partial charge in [-0.15, -0.1) is 0 Å². The number of carbonyl (C=O) groups excluding carboxylic acids is 2. The van der Waals surface area contributed by atoms with Gasteiger partial charge in [0.15, 0.2) is 5.96 Å². The third kappa shape index (κ3) is 6.13. The van der Waals surface area contributed by atoms with E-state index in [1.807, 2.05) is 0 Å². The molecule has 1 amide bonds. The molecule has 2 aromatic carbocycles. The predicted octanol–water partition coefficient (Wildman–Crippen LogP) is 0.942. The molecular weight excluding hydrogens is 364 g/mol. The zero-order valence-electron chi connectivity index (χ0n) is 15.1. The first-order valence-electron chi connectivity index (χ1n) is 8.27. The topological polar surface area (TPSA) is 157 Å². The van der Waals surface area contributed by atoms with Crippen molar-refractivity contribution in [1.82, 2.24) is 5.32 Å². The number of nitrogens with one attached hydrogen (secondary N) is 1. The Labute approximate surface area is 161 Å². The van der Waals surface area contributed by atoms with Crippen molar-refractivity contribution < 1.29 is 24.2 Å². The predicted molar refractivity (Wildman–Crippen MR) is 102 cm³/mol. The summed E-state index contributed by atoms with van der Waals surface area (Å²) in [4.78, 5) is 38.5.